The van der Waals surface area contributed by atoms with E-state index in [2.05, 4.69) is 0 Å². The molecule has 1 aromatic heterocycles. The maximum atomic E-state index is 12.5. The standard InChI is InChI=1S/C13H11Cl3N2O2S/c1-8-4-3-5-9(2)11(8)17-7-6-10(19)18(12(17)20)21-13(14,15)16/h3-7H,1-2H3. The fourth-order valence-electron chi connectivity index (χ4n) is 2.01. The highest BCUT2D eigenvalue weighted by atomic mass is 35.6. The molecule has 2 aromatic rings. The van der Waals surface area contributed by atoms with Gasteiger partial charge in [0.15, 0.2) is 0 Å². The van der Waals surface area contributed by atoms with Crippen LogP contribution in [-0.2, 0) is 0 Å². The first kappa shape index (κ1) is 16.5. The van der Waals surface area contributed by atoms with E-state index < -0.39 is 14.4 Å². The molecular formula is C13H11Cl3N2O2S. The second kappa shape index (κ2) is 6.08. The Kier molecular flexibility index (Phi) is 4.78. The van der Waals surface area contributed by atoms with Gasteiger partial charge in [0, 0.05) is 24.2 Å². The van der Waals surface area contributed by atoms with Gasteiger partial charge in [0.05, 0.1) is 5.69 Å². The number of halogens is 3. The number of hydrogen-bond acceptors (Lipinski definition) is 3. The van der Waals surface area contributed by atoms with Crippen LogP contribution in [0.25, 0.3) is 5.69 Å². The topological polar surface area (TPSA) is 44.0 Å². The predicted octanol–water partition coefficient (Wildman–Crippen LogP) is 3.44. The first-order chi connectivity index (χ1) is 9.70. The first-order valence-electron chi connectivity index (χ1n) is 5.88. The summed E-state index contributed by atoms with van der Waals surface area (Å²) in [5.74, 6) is 0. The summed E-state index contributed by atoms with van der Waals surface area (Å²) in [5.41, 5.74) is 1.40. The summed E-state index contributed by atoms with van der Waals surface area (Å²) in [6, 6.07) is 6.92. The minimum atomic E-state index is -1.80. The summed E-state index contributed by atoms with van der Waals surface area (Å²) >= 11 is 17.5. The molecule has 0 saturated carbocycles. The molecule has 0 aliphatic carbocycles. The summed E-state index contributed by atoms with van der Waals surface area (Å²) in [6.07, 6.45) is 1.43. The number of aromatic nitrogens is 2. The van der Waals surface area contributed by atoms with Crippen LogP contribution in [0.4, 0.5) is 0 Å². The number of hydrogen-bond donors (Lipinski definition) is 0. The maximum absolute atomic E-state index is 12.5. The van der Waals surface area contributed by atoms with Crippen molar-refractivity contribution in [1.29, 1.82) is 0 Å². The Hall–Kier alpha value is -0.880. The zero-order chi connectivity index (χ0) is 15.8. The quantitative estimate of drug-likeness (QED) is 0.766. The molecule has 112 valence electrons. The zero-order valence-electron chi connectivity index (χ0n) is 11.1. The van der Waals surface area contributed by atoms with Crippen LogP contribution in [0, 0.1) is 13.8 Å². The number of aryl methyl sites for hydroxylation is 2. The molecule has 0 spiro atoms. The summed E-state index contributed by atoms with van der Waals surface area (Å²) in [5, 5.41) is 0. The third kappa shape index (κ3) is 3.66. The van der Waals surface area contributed by atoms with Crippen LogP contribution in [0.2, 0.25) is 0 Å². The molecule has 0 aliphatic heterocycles. The van der Waals surface area contributed by atoms with Crippen molar-refractivity contribution < 1.29 is 0 Å². The van der Waals surface area contributed by atoms with E-state index in [4.69, 9.17) is 34.8 Å². The van der Waals surface area contributed by atoms with Gasteiger partial charge in [0.1, 0.15) is 0 Å². The molecule has 1 aromatic carbocycles. The van der Waals surface area contributed by atoms with Gasteiger partial charge in [-0.05, 0) is 25.0 Å². The molecule has 0 saturated heterocycles. The van der Waals surface area contributed by atoms with Crippen molar-refractivity contribution in [1.82, 2.24) is 8.54 Å². The lowest BCUT2D eigenvalue weighted by molar-refractivity contribution is 0.853. The van der Waals surface area contributed by atoms with Crippen molar-refractivity contribution in [3.63, 3.8) is 0 Å². The van der Waals surface area contributed by atoms with Crippen molar-refractivity contribution in [2.75, 3.05) is 0 Å². The number of alkyl halides is 3. The summed E-state index contributed by atoms with van der Waals surface area (Å²) in [4.78, 5) is 24.3. The van der Waals surface area contributed by atoms with Crippen LogP contribution in [0.1, 0.15) is 11.1 Å². The lowest BCUT2D eigenvalue weighted by Crippen LogP contribution is -2.36. The molecular weight excluding hydrogens is 355 g/mol. The number of rotatable bonds is 2. The Morgan fingerprint density at radius 1 is 1.05 bits per heavy atom. The zero-order valence-corrected chi connectivity index (χ0v) is 14.2. The van der Waals surface area contributed by atoms with E-state index in [0.717, 1.165) is 15.1 Å². The van der Waals surface area contributed by atoms with Crippen LogP contribution in [-0.4, -0.2) is 11.7 Å². The molecule has 0 fully saturated rings. The van der Waals surface area contributed by atoms with E-state index in [9.17, 15) is 9.59 Å². The maximum Gasteiger partial charge on any atom is 0.346 e. The van der Waals surface area contributed by atoms with Crippen LogP contribution < -0.4 is 11.2 Å². The fourth-order valence-corrected chi connectivity index (χ4v) is 3.15. The summed E-state index contributed by atoms with van der Waals surface area (Å²) in [6.45, 7) is 3.76. The van der Waals surface area contributed by atoms with Crippen molar-refractivity contribution in [3.05, 3.63) is 62.4 Å². The van der Waals surface area contributed by atoms with E-state index in [0.29, 0.717) is 17.6 Å². The van der Waals surface area contributed by atoms with Crippen LogP contribution in [0.15, 0.2) is 40.1 Å². The van der Waals surface area contributed by atoms with E-state index in [1.165, 1.54) is 16.8 Å². The van der Waals surface area contributed by atoms with E-state index in [1.54, 1.807) is 0 Å². The smallest absolute Gasteiger partial charge is 0.268 e. The molecule has 0 aliphatic rings. The van der Waals surface area contributed by atoms with E-state index in [1.807, 2.05) is 32.0 Å². The lowest BCUT2D eigenvalue weighted by atomic mass is 10.1. The van der Waals surface area contributed by atoms with E-state index in [-0.39, 0.29) is 0 Å². The third-order valence-electron chi connectivity index (χ3n) is 2.82. The monoisotopic (exact) mass is 364 g/mol. The average molecular weight is 366 g/mol. The Bertz CT molecular complexity index is 773. The molecule has 0 unspecified atom stereocenters. The van der Waals surface area contributed by atoms with Gasteiger partial charge in [0.25, 0.3) is 8.68 Å². The fraction of sp³-hybridized carbons (Fsp3) is 0.231. The van der Waals surface area contributed by atoms with Crippen molar-refractivity contribution in [2.24, 2.45) is 0 Å². The molecule has 8 heteroatoms. The van der Waals surface area contributed by atoms with Gasteiger partial charge in [-0.15, -0.1) is 0 Å². The normalized spacial score (nSPS) is 11.7. The van der Waals surface area contributed by atoms with Gasteiger partial charge in [0.2, 0.25) is 0 Å². The van der Waals surface area contributed by atoms with Gasteiger partial charge in [-0.3, -0.25) is 9.36 Å². The highest BCUT2D eigenvalue weighted by Gasteiger charge is 2.25. The van der Waals surface area contributed by atoms with Gasteiger partial charge in [-0.1, -0.05) is 53.0 Å². The molecule has 21 heavy (non-hydrogen) atoms. The van der Waals surface area contributed by atoms with Gasteiger partial charge < -0.3 is 0 Å². The Morgan fingerprint density at radius 2 is 1.62 bits per heavy atom. The predicted molar refractivity (Wildman–Crippen MR) is 89.1 cm³/mol. The van der Waals surface area contributed by atoms with E-state index >= 15 is 0 Å². The van der Waals surface area contributed by atoms with Gasteiger partial charge >= 0.3 is 5.69 Å². The van der Waals surface area contributed by atoms with Gasteiger partial charge in [-0.2, -0.15) is 3.97 Å². The molecule has 0 bridgehead atoms. The SMILES string of the molecule is Cc1cccc(C)c1-n1ccc(=O)n(SC(Cl)(Cl)Cl)c1=O. The van der Waals surface area contributed by atoms with Crippen molar-refractivity contribution >= 4 is 46.8 Å². The minimum Gasteiger partial charge on any atom is -0.268 e. The minimum absolute atomic E-state index is 0.542. The largest absolute Gasteiger partial charge is 0.346 e. The molecule has 4 nitrogen and oxygen atoms in total. The Labute approximate surface area is 140 Å². The molecule has 0 atom stereocenters. The van der Waals surface area contributed by atoms with Crippen LogP contribution in [0.5, 0.6) is 0 Å². The highest BCUT2D eigenvalue weighted by molar-refractivity contribution is 8.03. The van der Waals surface area contributed by atoms with Crippen LogP contribution >= 0.6 is 46.8 Å². The number of nitrogens with zero attached hydrogens (tertiary/aromatic N) is 2. The Balaban J connectivity index is 2.71. The molecule has 0 N–H and O–H groups in total. The molecule has 0 amide bonds. The second-order valence-corrected chi connectivity index (χ2v) is 8.49. The highest BCUT2D eigenvalue weighted by Crippen LogP contribution is 2.38. The average Bonchev–Trinajstić information content (AvgIpc) is 2.35. The Morgan fingerprint density at radius 3 is 2.14 bits per heavy atom. The lowest BCUT2D eigenvalue weighted by Gasteiger charge is -2.15. The first-order valence-corrected chi connectivity index (χ1v) is 7.79. The molecule has 2 rings (SSSR count). The second-order valence-electron chi connectivity index (χ2n) is 4.38. The third-order valence-corrected chi connectivity index (χ3v) is 4.17. The van der Waals surface area contributed by atoms with Gasteiger partial charge in [-0.25, -0.2) is 4.79 Å². The number of benzene rings is 1. The van der Waals surface area contributed by atoms with Crippen LogP contribution in [0.3, 0.4) is 0 Å². The summed E-state index contributed by atoms with van der Waals surface area (Å²) < 4.78 is 0.400. The van der Waals surface area contributed by atoms with Crippen molar-refractivity contribution in [2.45, 2.75) is 17.0 Å². The van der Waals surface area contributed by atoms with Crippen molar-refractivity contribution in [3.8, 4) is 5.69 Å². The molecule has 1 heterocycles. The molecule has 0 radical (unpaired) electrons. The summed E-state index contributed by atoms with van der Waals surface area (Å²) in [7, 11) is 0. The number of para-hydroxylation sites is 1.